The minimum atomic E-state index is -0.350. The number of ether oxygens (including phenoxy) is 3. The predicted octanol–water partition coefficient (Wildman–Crippen LogP) is 1.72. The highest BCUT2D eigenvalue weighted by atomic mass is 16.5. The van der Waals surface area contributed by atoms with E-state index in [-0.39, 0.29) is 18.1 Å². The number of carbonyl (C=O) groups excluding carboxylic acids is 1. The van der Waals surface area contributed by atoms with Crippen LogP contribution in [0.4, 0.5) is 0 Å². The van der Waals surface area contributed by atoms with E-state index >= 15 is 0 Å². The van der Waals surface area contributed by atoms with Gasteiger partial charge in [0, 0.05) is 5.56 Å². The maximum absolute atomic E-state index is 12.3. The van der Waals surface area contributed by atoms with Gasteiger partial charge in [-0.25, -0.2) is 0 Å². The number of hydrogen-bond acceptors (Lipinski definition) is 8. The summed E-state index contributed by atoms with van der Waals surface area (Å²) in [7, 11) is 4.59. The summed E-state index contributed by atoms with van der Waals surface area (Å²) in [5, 5.41) is 13.2. The van der Waals surface area contributed by atoms with Gasteiger partial charge in [0.1, 0.15) is 5.69 Å². The van der Waals surface area contributed by atoms with Gasteiger partial charge in [-0.2, -0.15) is 10.1 Å². The second-order valence-corrected chi connectivity index (χ2v) is 5.50. The molecular formula is C17H19N5O5. The molecule has 3 rings (SSSR count). The molecular weight excluding hydrogens is 354 g/mol. The lowest BCUT2D eigenvalue weighted by Gasteiger charge is -2.13. The number of aryl methyl sites for hydroxylation is 1. The topological polar surface area (TPSA) is 124 Å². The monoisotopic (exact) mass is 373 g/mol. The van der Waals surface area contributed by atoms with Crippen molar-refractivity contribution in [1.82, 2.24) is 25.7 Å². The van der Waals surface area contributed by atoms with Crippen molar-refractivity contribution in [3.63, 3.8) is 0 Å². The number of rotatable bonds is 7. The van der Waals surface area contributed by atoms with Crippen molar-refractivity contribution >= 4 is 5.91 Å². The Balaban J connectivity index is 1.79. The fourth-order valence-corrected chi connectivity index (χ4v) is 2.48. The summed E-state index contributed by atoms with van der Waals surface area (Å²) in [4.78, 5) is 16.3. The van der Waals surface area contributed by atoms with Crippen LogP contribution >= 0.6 is 0 Å². The van der Waals surface area contributed by atoms with Crippen LogP contribution in [-0.4, -0.2) is 47.6 Å². The van der Waals surface area contributed by atoms with Gasteiger partial charge in [-0.1, -0.05) is 5.16 Å². The number of aromatic amines is 1. The highest BCUT2D eigenvalue weighted by Gasteiger charge is 2.17. The molecule has 0 aliphatic rings. The predicted molar refractivity (Wildman–Crippen MR) is 93.9 cm³/mol. The molecule has 2 N–H and O–H groups in total. The van der Waals surface area contributed by atoms with E-state index in [0.29, 0.717) is 40.2 Å². The van der Waals surface area contributed by atoms with E-state index in [9.17, 15) is 4.79 Å². The fourth-order valence-electron chi connectivity index (χ4n) is 2.48. The molecule has 1 amide bonds. The van der Waals surface area contributed by atoms with Gasteiger partial charge in [0.25, 0.3) is 5.91 Å². The first-order valence-corrected chi connectivity index (χ1v) is 7.99. The molecule has 10 nitrogen and oxygen atoms in total. The van der Waals surface area contributed by atoms with Gasteiger partial charge in [-0.15, -0.1) is 0 Å². The van der Waals surface area contributed by atoms with Crippen LogP contribution in [-0.2, 0) is 6.54 Å². The van der Waals surface area contributed by atoms with Crippen molar-refractivity contribution in [2.45, 2.75) is 13.5 Å². The van der Waals surface area contributed by atoms with E-state index in [4.69, 9.17) is 18.7 Å². The van der Waals surface area contributed by atoms with E-state index in [1.54, 1.807) is 25.1 Å². The van der Waals surface area contributed by atoms with Crippen LogP contribution in [0.25, 0.3) is 11.3 Å². The normalized spacial score (nSPS) is 10.5. The second kappa shape index (κ2) is 7.77. The van der Waals surface area contributed by atoms with Gasteiger partial charge in [0.2, 0.25) is 11.6 Å². The number of H-pyrrole nitrogens is 1. The molecule has 2 aromatic heterocycles. The first-order chi connectivity index (χ1) is 13.0. The van der Waals surface area contributed by atoms with Crippen molar-refractivity contribution in [2.24, 2.45) is 0 Å². The lowest BCUT2D eigenvalue weighted by molar-refractivity contribution is 0.0941. The van der Waals surface area contributed by atoms with E-state index in [2.05, 4.69) is 25.7 Å². The molecule has 1 aromatic carbocycles. The molecule has 0 saturated carbocycles. The number of hydrogen-bond donors (Lipinski definition) is 2. The maximum atomic E-state index is 12.3. The Morgan fingerprint density at radius 1 is 1.15 bits per heavy atom. The Hall–Kier alpha value is -3.56. The first kappa shape index (κ1) is 18.2. The molecule has 142 valence electrons. The average molecular weight is 373 g/mol. The average Bonchev–Trinajstić information content (AvgIpc) is 3.34. The van der Waals surface area contributed by atoms with E-state index in [1.165, 1.54) is 21.3 Å². The summed E-state index contributed by atoms with van der Waals surface area (Å²) in [6.07, 6.45) is 0. The molecule has 27 heavy (non-hydrogen) atoms. The zero-order valence-corrected chi connectivity index (χ0v) is 15.3. The van der Waals surface area contributed by atoms with Gasteiger partial charge in [0.15, 0.2) is 17.3 Å². The second-order valence-electron chi connectivity index (χ2n) is 5.50. The maximum Gasteiger partial charge on any atom is 0.269 e. The summed E-state index contributed by atoms with van der Waals surface area (Å²) in [5.41, 5.74) is 1.54. The van der Waals surface area contributed by atoms with Crippen LogP contribution in [0, 0.1) is 6.92 Å². The van der Waals surface area contributed by atoms with Gasteiger partial charge < -0.3 is 24.1 Å². The number of nitrogens with zero attached hydrogens (tertiary/aromatic N) is 3. The van der Waals surface area contributed by atoms with E-state index in [1.807, 2.05) is 0 Å². The largest absolute Gasteiger partial charge is 0.493 e. The molecule has 0 radical (unpaired) electrons. The SMILES string of the molecule is COc1cc(-c2cc(C(=O)NCc3nc(C)no3)[nH]n2)cc(OC)c1OC. The standard InChI is InChI=1S/C17H19N5O5/c1-9-19-15(27-22-9)8-18-17(23)12-7-11(20-21-12)10-5-13(24-2)16(26-4)14(6-10)25-3/h5-7H,8H2,1-4H3,(H,18,23)(H,20,21). The van der Waals surface area contributed by atoms with Crippen LogP contribution in [0.1, 0.15) is 22.2 Å². The quantitative estimate of drug-likeness (QED) is 0.641. The van der Waals surface area contributed by atoms with Crippen LogP contribution in [0.15, 0.2) is 22.7 Å². The van der Waals surface area contributed by atoms with E-state index < -0.39 is 0 Å². The van der Waals surface area contributed by atoms with Crippen LogP contribution in [0.3, 0.4) is 0 Å². The van der Waals surface area contributed by atoms with Crippen molar-refractivity contribution in [3.8, 4) is 28.5 Å². The third kappa shape index (κ3) is 3.84. The smallest absolute Gasteiger partial charge is 0.269 e. The highest BCUT2D eigenvalue weighted by Crippen LogP contribution is 2.40. The Kier molecular flexibility index (Phi) is 5.25. The van der Waals surface area contributed by atoms with Crippen molar-refractivity contribution < 1.29 is 23.5 Å². The Labute approximate surface area is 154 Å². The highest BCUT2D eigenvalue weighted by molar-refractivity contribution is 5.93. The number of amides is 1. The van der Waals surface area contributed by atoms with Crippen LogP contribution in [0.2, 0.25) is 0 Å². The molecule has 0 aliphatic carbocycles. The third-order valence-corrected chi connectivity index (χ3v) is 3.75. The van der Waals surface area contributed by atoms with E-state index in [0.717, 1.165) is 0 Å². The molecule has 10 heteroatoms. The molecule has 2 heterocycles. The van der Waals surface area contributed by atoms with Crippen molar-refractivity contribution in [2.75, 3.05) is 21.3 Å². The summed E-state index contributed by atoms with van der Waals surface area (Å²) < 4.78 is 20.9. The fraction of sp³-hybridized carbons (Fsp3) is 0.294. The molecule has 0 atom stereocenters. The Bertz CT molecular complexity index is 924. The Morgan fingerprint density at radius 3 is 2.41 bits per heavy atom. The number of carbonyl (C=O) groups is 1. The third-order valence-electron chi connectivity index (χ3n) is 3.75. The Morgan fingerprint density at radius 2 is 1.85 bits per heavy atom. The van der Waals surface area contributed by atoms with Crippen LogP contribution < -0.4 is 19.5 Å². The van der Waals surface area contributed by atoms with Gasteiger partial charge in [-0.05, 0) is 25.1 Å². The molecule has 0 fully saturated rings. The zero-order valence-electron chi connectivity index (χ0n) is 15.3. The lowest BCUT2D eigenvalue weighted by Crippen LogP contribution is -2.23. The molecule has 0 saturated heterocycles. The first-order valence-electron chi connectivity index (χ1n) is 7.99. The van der Waals surface area contributed by atoms with Crippen LogP contribution in [0.5, 0.6) is 17.2 Å². The van der Waals surface area contributed by atoms with Gasteiger partial charge in [0.05, 0.1) is 33.6 Å². The minimum Gasteiger partial charge on any atom is -0.493 e. The summed E-state index contributed by atoms with van der Waals surface area (Å²) >= 11 is 0. The van der Waals surface area contributed by atoms with Crippen molar-refractivity contribution in [1.29, 1.82) is 0 Å². The van der Waals surface area contributed by atoms with Gasteiger partial charge >= 0.3 is 0 Å². The summed E-state index contributed by atoms with van der Waals surface area (Å²) in [6.45, 7) is 1.83. The molecule has 0 unspecified atom stereocenters. The zero-order chi connectivity index (χ0) is 19.4. The van der Waals surface area contributed by atoms with Gasteiger partial charge in [-0.3, -0.25) is 9.89 Å². The lowest BCUT2D eigenvalue weighted by atomic mass is 10.1. The molecule has 3 aromatic rings. The number of benzene rings is 1. The summed E-state index contributed by atoms with van der Waals surface area (Å²) in [5.74, 6) is 1.94. The number of nitrogens with one attached hydrogen (secondary N) is 2. The molecule has 0 spiro atoms. The molecule has 0 bridgehead atoms. The molecule has 0 aliphatic heterocycles. The number of aromatic nitrogens is 4. The van der Waals surface area contributed by atoms with Crippen molar-refractivity contribution in [3.05, 3.63) is 35.6 Å². The minimum absolute atomic E-state index is 0.123. The summed E-state index contributed by atoms with van der Waals surface area (Å²) in [6, 6.07) is 5.12. The number of methoxy groups -OCH3 is 3.